The van der Waals surface area contributed by atoms with Gasteiger partial charge in [0.05, 0.1) is 5.69 Å². The van der Waals surface area contributed by atoms with Crippen molar-refractivity contribution in [3.63, 3.8) is 0 Å². The van der Waals surface area contributed by atoms with Crippen molar-refractivity contribution in [2.75, 3.05) is 10.2 Å². The van der Waals surface area contributed by atoms with E-state index in [0.717, 1.165) is 18.4 Å². The van der Waals surface area contributed by atoms with E-state index in [-0.39, 0.29) is 43.0 Å². The van der Waals surface area contributed by atoms with Crippen LogP contribution < -0.4 is 15.5 Å². The lowest BCUT2D eigenvalue weighted by molar-refractivity contribution is -0.121. The van der Waals surface area contributed by atoms with Crippen LogP contribution in [0.5, 0.6) is 0 Å². The summed E-state index contributed by atoms with van der Waals surface area (Å²) in [7, 11) is 0. The summed E-state index contributed by atoms with van der Waals surface area (Å²) in [5, 5.41) is 6.57. The second-order valence-electron chi connectivity index (χ2n) is 7.85. The number of imide groups is 1. The van der Waals surface area contributed by atoms with E-state index in [4.69, 9.17) is 0 Å². The first-order chi connectivity index (χ1) is 12.5. The number of aryl methyl sites for hydroxylation is 1. The normalized spacial score (nSPS) is 26.9. The molecule has 3 heterocycles. The molecule has 2 atom stereocenters. The van der Waals surface area contributed by atoms with E-state index < -0.39 is 0 Å². The molecule has 3 fully saturated rings. The van der Waals surface area contributed by atoms with E-state index in [9.17, 15) is 14.4 Å². The molecule has 0 aromatic heterocycles. The summed E-state index contributed by atoms with van der Waals surface area (Å²) in [4.78, 5) is 37.5. The number of fused-ring (bicyclic) bond motifs is 2. The first-order valence-corrected chi connectivity index (χ1v) is 9.52. The van der Waals surface area contributed by atoms with Crippen molar-refractivity contribution in [2.24, 2.45) is 5.92 Å². The molecule has 0 radical (unpaired) electrons. The van der Waals surface area contributed by atoms with Crippen molar-refractivity contribution in [2.45, 2.75) is 64.0 Å². The molecule has 3 aliphatic rings. The molecule has 4 rings (SSSR count). The van der Waals surface area contributed by atoms with Crippen molar-refractivity contribution >= 4 is 41.5 Å². The van der Waals surface area contributed by atoms with Gasteiger partial charge in [0, 0.05) is 37.0 Å². The van der Waals surface area contributed by atoms with E-state index in [1.807, 2.05) is 13.0 Å². The molecule has 146 valence electrons. The molecule has 3 amide bonds. The Morgan fingerprint density at radius 3 is 2.37 bits per heavy atom. The van der Waals surface area contributed by atoms with Crippen LogP contribution in [0.4, 0.5) is 11.4 Å². The lowest BCUT2D eigenvalue weighted by Crippen LogP contribution is -2.39. The minimum Gasteiger partial charge on any atom is -0.326 e. The molecule has 0 spiro atoms. The monoisotopic (exact) mass is 391 g/mol. The minimum atomic E-state index is -0.157. The summed E-state index contributed by atoms with van der Waals surface area (Å²) in [6.45, 7) is 1.86. The molecule has 7 heteroatoms. The first-order valence-electron chi connectivity index (χ1n) is 9.52. The lowest BCUT2D eigenvalue weighted by atomic mass is 9.89. The van der Waals surface area contributed by atoms with Crippen LogP contribution in [-0.2, 0) is 14.4 Å². The largest absolute Gasteiger partial charge is 0.326 e. The summed E-state index contributed by atoms with van der Waals surface area (Å²) in [6.07, 6.45) is 5.74. The molecular formula is C20H26ClN3O3. The highest BCUT2D eigenvalue weighted by Crippen LogP contribution is 2.33. The summed E-state index contributed by atoms with van der Waals surface area (Å²) in [6, 6.07) is 6.52. The Morgan fingerprint density at radius 1 is 1.15 bits per heavy atom. The molecule has 1 aromatic rings. The fourth-order valence-electron chi connectivity index (χ4n) is 4.65. The fraction of sp³-hybridized carbons (Fsp3) is 0.550. The molecule has 2 unspecified atom stereocenters. The predicted molar refractivity (Wildman–Crippen MR) is 106 cm³/mol. The predicted octanol–water partition coefficient (Wildman–Crippen LogP) is 2.93. The number of halogens is 1. The number of nitrogens with zero attached hydrogens (tertiary/aromatic N) is 1. The summed E-state index contributed by atoms with van der Waals surface area (Å²) in [5.74, 6) is 0.177. The van der Waals surface area contributed by atoms with Crippen LogP contribution in [0.15, 0.2) is 18.2 Å². The number of carbonyl (C=O) groups is 3. The average Bonchev–Trinajstić information content (AvgIpc) is 3.10. The standard InChI is InChI=1S/C20H25N3O3.ClH/c1-12-8-14(4-5-17(12)23-19(25)6-7-20(23)26)22-18(24)11-13-9-15-2-3-16(10-13)21-15;/h4-5,8,13,15-16,21H,2-3,6-7,9-11H2,1H3,(H,22,24);1H. The molecule has 2 N–H and O–H groups in total. The lowest BCUT2D eigenvalue weighted by Gasteiger charge is -2.28. The molecule has 6 nitrogen and oxygen atoms in total. The van der Waals surface area contributed by atoms with Crippen LogP contribution >= 0.6 is 12.4 Å². The highest BCUT2D eigenvalue weighted by molar-refractivity contribution is 6.20. The van der Waals surface area contributed by atoms with Gasteiger partial charge in [-0.05, 0) is 62.3 Å². The Kier molecular flexibility index (Phi) is 5.86. The zero-order valence-electron chi connectivity index (χ0n) is 15.5. The molecule has 1 aromatic carbocycles. The number of anilines is 2. The van der Waals surface area contributed by atoms with E-state index >= 15 is 0 Å². The van der Waals surface area contributed by atoms with Crippen LogP contribution in [-0.4, -0.2) is 29.8 Å². The zero-order valence-corrected chi connectivity index (χ0v) is 16.3. The Balaban J connectivity index is 0.00000210. The SMILES string of the molecule is Cc1cc(NC(=O)CC2CC3CCC(C2)N3)ccc1N1C(=O)CCC1=O.Cl. The number of piperidine rings is 1. The Morgan fingerprint density at radius 2 is 1.78 bits per heavy atom. The Labute approximate surface area is 165 Å². The number of hydrogen-bond donors (Lipinski definition) is 2. The molecule has 3 aliphatic heterocycles. The topological polar surface area (TPSA) is 78.5 Å². The second kappa shape index (κ2) is 7.98. The van der Waals surface area contributed by atoms with Gasteiger partial charge in [0.15, 0.2) is 0 Å². The van der Waals surface area contributed by atoms with Gasteiger partial charge >= 0.3 is 0 Å². The quantitative estimate of drug-likeness (QED) is 0.773. The zero-order chi connectivity index (χ0) is 18.3. The second-order valence-corrected chi connectivity index (χ2v) is 7.85. The van der Waals surface area contributed by atoms with Gasteiger partial charge in [-0.15, -0.1) is 12.4 Å². The molecule has 0 aliphatic carbocycles. The van der Waals surface area contributed by atoms with Gasteiger partial charge in [-0.25, -0.2) is 0 Å². The van der Waals surface area contributed by atoms with Crippen LogP contribution in [0.2, 0.25) is 0 Å². The summed E-state index contributed by atoms with van der Waals surface area (Å²) < 4.78 is 0. The smallest absolute Gasteiger partial charge is 0.234 e. The van der Waals surface area contributed by atoms with E-state index in [2.05, 4.69) is 10.6 Å². The number of benzene rings is 1. The van der Waals surface area contributed by atoms with Crippen molar-refractivity contribution < 1.29 is 14.4 Å². The third-order valence-corrected chi connectivity index (χ3v) is 5.82. The van der Waals surface area contributed by atoms with Crippen molar-refractivity contribution in [3.05, 3.63) is 23.8 Å². The van der Waals surface area contributed by atoms with E-state index in [1.54, 1.807) is 12.1 Å². The molecule has 0 saturated carbocycles. The van der Waals surface area contributed by atoms with Gasteiger partial charge in [-0.2, -0.15) is 0 Å². The third kappa shape index (κ3) is 4.17. The minimum absolute atomic E-state index is 0. The fourth-order valence-corrected chi connectivity index (χ4v) is 4.65. The molecule has 3 saturated heterocycles. The van der Waals surface area contributed by atoms with Gasteiger partial charge in [-0.1, -0.05) is 0 Å². The molecule has 2 bridgehead atoms. The number of rotatable bonds is 4. The Bertz CT molecular complexity index is 739. The third-order valence-electron chi connectivity index (χ3n) is 5.82. The van der Waals surface area contributed by atoms with Gasteiger partial charge in [0.25, 0.3) is 0 Å². The van der Waals surface area contributed by atoms with Gasteiger partial charge in [0.2, 0.25) is 17.7 Å². The van der Waals surface area contributed by atoms with Crippen LogP contribution in [0.1, 0.15) is 50.5 Å². The maximum absolute atomic E-state index is 12.4. The molecule has 27 heavy (non-hydrogen) atoms. The summed E-state index contributed by atoms with van der Waals surface area (Å²) in [5.41, 5.74) is 2.14. The number of hydrogen-bond acceptors (Lipinski definition) is 4. The maximum Gasteiger partial charge on any atom is 0.234 e. The van der Waals surface area contributed by atoms with Gasteiger partial charge in [0.1, 0.15) is 0 Å². The average molecular weight is 392 g/mol. The number of carbonyl (C=O) groups excluding carboxylic acids is 3. The van der Waals surface area contributed by atoms with Crippen molar-refractivity contribution in [1.82, 2.24) is 5.32 Å². The van der Waals surface area contributed by atoms with E-state index in [0.29, 0.717) is 35.8 Å². The van der Waals surface area contributed by atoms with Gasteiger partial charge in [-0.3, -0.25) is 19.3 Å². The van der Waals surface area contributed by atoms with Crippen LogP contribution in [0, 0.1) is 12.8 Å². The number of amides is 3. The highest BCUT2D eigenvalue weighted by atomic mass is 35.5. The maximum atomic E-state index is 12.4. The number of nitrogens with one attached hydrogen (secondary N) is 2. The van der Waals surface area contributed by atoms with Crippen molar-refractivity contribution in [3.8, 4) is 0 Å². The van der Waals surface area contributed by atoms with Crippen LogP contribution in [0.25, 0.3) is 0 Å². The van der Waals surface area contributed by atoms with Crippen LogP contribution in [0.3, 0.4) is 0 Å². The Hall–Kier alpha value is -1.92. The first kappa shape index (κ1) is 19.8. The van der Waals surface area contributed by atoms with E-state index in [1.165, 1.54) is 17.7 Å². The van der Waals surface area contributed by atoms with Gasteiger partial charge < -0.3 is 10.6 Å². The highest BCUT2D eigenvalue weighted by Gasteiger charge is 2.34. The summed E-state index contributed by atoms with van der Waals surface area (Å²) >= 11 is 0. The molecular weight excluding hydrogens is 366 g/mol. The van der Waals surface area contributed by atoms with Crippen molar-refractivity contribution in [1.29, 1.82) is 0 Å².